The summed E-state index contributed by atoms with van der Waals surface area (Å²) in [4.78, 5) is 25.3. The summed E-state index contributed by atoms with van der Waals surface area (Å²) < 4.78 is 11.7. The molecule has 198 valence electrons. The van der Waals surface area contributed by atoms with E-state index >= 15 is 0 Å². The number of hydroxylamine groups is 2. The van der Waals surface area contributed by atoms with Gasteiger partial charge in [-0.1, -0.05) is 35.3 Å². The zero-order chi connectivity index (χ0) is 26.8. The van der Waals surface area contributed by atoms with Crippen molar-refractivity contribution in [2.75, 3.05) is 13.2 Å². The molecule has 38 heavy (non-hydrogen) atoms. The van der Waals surface area contributed by atoms with Crippen LogP contribution >= 0.6 is 23.2 Å². The molecule has 2 amide bonds. The Balaban J connectivity index is 1.22. The number of aliphatic hydroxyl groups excluding tert-OH is 1. The van der Waals surface area contributed by atoms with Crippen LogP contribution in [0.1, 0.15) is 52.8 Å². The van der Waals surface area contributed by atoms with Crippen molar-refractivity contribution in [3.05, 3.63) is 92.6 Å². The standard InChI is InChI=1S/C28H26Cl2N2O6/c29-18-5-1-16(2-6-18)24(33)15-31-27(34)17-3-9-20(10-4-17)38-26-14-25-22(13-23(26)30)21(11-12-37-25)28(35)32(36)19-7-8-19/h1-6,9-10,13-14,19,21,24,32-33H,7-8,11-12,15H2,(H,31,34). The minimum Gasteiger partial charge on any atom is -0.627 e. The fourth-order valence-electron chi connectivity index (χ4n) is 4.35. The molecule has 3 N–H and O–H groups in total. The molecule has 1 aliphatic carbocycles. The second-order valence-electron chi connectivity index (χ2n) is 9.42. The molecule has 0 bridgehead atoms. The molecular weight excluding hydrogens is 531 g/mol. The van der Waals surface area contributed by atoms with Crippen LogP contribution in [0.3, 0.4) is 0 Å². The van der Waals surface area contributed by atoms with Crippen LogP contribution < -0.4 is 19.9 Å². The Morgan fingerprint density at radius 1 is 1.08 bits per heavy atom. The maximum absolute atomic E-state index is 12.8. The van der Waals surface area contributed by atoms with Gasteiger partial charge in [-0.15, -0.1) is 0 Å². The predicted molar refractivity (Wildman–Crippen MR) is 142 cm³/mol. The number of hydrogen-bond donors (Lipinski definition) is 3. The van der Waals surface area contributed by atoms with Crippen molar-refractivity contribution in [2.45, 2.75) is 37.3 Å². The van der Waals surface area contributed by atoms with E-state index in [1.54, 1.807) is 60.7 Å². The SMILES string of the molecule is O=C(NCC(O)c1ccc(Cl)cc1)c1ccc(Oc2cc3c(cc2Cl)C(C(=O)[NH+]([O-])C2CC2)CCO3)cc1. The van der Waals surface area contributed by atoms with E-state index < -0.39 is 12.0 Å². The van der Waals surface area contributed by atoms with Gasteiger partial charge in [0, 0.05) is 48.0 Å². The predicted octanol–water partition coefficient (Wildman–Crippen LogP) is 4.19. The van der Waals surface area contributed by atoms with Crippen LogP contribution in [0.2, 0.25) is 10.0 Å². The van der Waals surface area contributed by atoms with Gasteiger partial charge in [0.1, 0.15) is 23.2 Å². The van der Waals surface area contributed by atoms with Gasteiger partial charge in [0.05, 0.1) is 23.8 Å². The fourth-order valence-corrected chi connectivity index (χ4v) is 4.69. The largest absolute Gasteiger partial charge is 0.627 e. The first-order chi connectivity index (χ1) is 18.3. The van der Waals surface area contributed by atoms with Gasteiger partial charge in [-0.25, -0.2) is 4.79 Å². The van der Waals surface area contributed by atoms with Crippen molar-refractivity contribution in [1.29, 1.82) is 0 Å². The summed E-state index contributed by atoms with van der Waals surface area (Å²) in [6.07, 6.45) is 1.12. The summed E-state index contributed by atoms with van der Waals surface area (Å²) in [5, 5.41) is 25.9. The minimum absolute atomic E-state index is 0.0409. The Morgan fingerprint density at radius 3 is 2.47 bits per heavy atom. The van der Waals surface area contributed by atoms with E-state index in [9.17, 15) is 19.9 Å². The molecular formula is C28H26Cl2N2O6. The summed E-state index contributed by atoms with van der Waals surface area (Å²) in [6, 6.07) is 16.3. The first-order valence-corrected chi connectivity index (χ1v) is 13.1. The number of halogens is 2. The van der Waals surface area contributed by atoms with E-state index in [1.807, 2.05) is 0 Å². The number of quaternary nitrogens is 1. The molecule has 1 saturated carbocycles. The highest BCUT2D eigenvalue weighted by Gasteiger charge is 2.39. The van der Waals surface area contributed by atoms with Crippen molar-refractivity contribution in [3.8, 4) is 17.2 Å². The van der Waals surface area contributed by atoms with E-state index in [0.717, 1.165) is 12.8 Å². The number of nitrogens with one attached hydrogen (secondary N) is 2. The number of carbonyl (C=O) groups excluding carboxylic acids is 2. The third-order valence-corrected chi connectivity index (χ3v) is 7.21. The number of amides is 2. The van der Waals surface area contributed by atoms with E-state index in [-0.39, 0.29) is 34.5 Å². The quantitative estimate of drug-likeness (QED) is 0.359. The second kappa shape index (κ2) is 11.3. The highest BCUT2D eigenvalue weighted by molar-refractivity contribution is 6.32. The summed E-state index contributed by atoms with van der Waals surface area (Å²) >= 11 is 12.3. The van der Waals surface area contributed by atoms with E-state index in [2.05, 4.69) is 5.32 Å². The molecule has 0 radical (unpaired) electrons. The van der Waals surface area contributed by atoms with Gasteiger partial charge in [0.15, 0.2) is 0 Å². The summed E-state index contributed by atoms with van der Waals surface area (Å²) in [6.45, 7) is 0.359. The number of aliphatic hydroxyl groups is 1. The van der Waals surface area contributed by atoms with Crippen molar-refractivity contribution in [1.82, 2.24) is 5.32 Å². The monoisotopic (exact) mass is 556 g/mol. The first-order valence-electron chi connectivity index (χ1n) is 12.3. The number of hydrogen-bond acceptors (Lipinski definition) is 6. The van der Waals surface area contributed by atoms with Gasteiger partial charge >= 0.3 is 5.91 Å². The number of fused-ring (bicyclic) bond motifs is 1. The Hall–Kier alpha value is -3.14. The Kier molecular flexibility index (Phi) is 7.88. The summed E-state index contributed by atoms with van der Waals surface area (Å²) in [5.74, 6) is -0.0490. The number of benzene rings is 3. The average Bonchev–Trinajstić information content (AvgIpc) is 3.77. The molecule has 3 aromatic rings. The summed E-state index contributed by atoms with van der Waals surface area (Å²) in [5.41, 5.74) is 1.64. The van der Waals surface area contributed by atoms with Crippen LogP contribution in [0.5, 0.6) is 17.2 Å². The van der Waals surface area contributed by atoms with E-state index in [4.69, 9.17) is 32.7 Å². The number of carbonyl (C=O) groups is 2. The summed E-state index contributed by atoms with van der Waals surface area (Å²) in [7, 11) is 0. The lowest BCUT2D eigenvalue weighted by atomic mass is 9.92. The maximum Gasteiger partial charge on any atom is 0.320 e. The molecule has 8 nitrogen and oxygen atoms in total. The highest BCUT2D eigenvalue weighted by atomic mass is 35.5. The van der Waals surface area contributed by atoms with Crippen molar-refractivity contribution >= 4 is 35.0 Å². The topological polar surface area (TPSA) is 112 Å². The molecule has 10 heteroatoms. The zero-order valence-electron chi connectivity index (χ0n) is 20.3. The lowest BCUT2D eigenvalue weighted by Crippen LogP contribution is -3.12. The van der Waals surface area contributed by atoms with Crippen LogP contribution in [0, 0.1) is 5.21 Å². The van der Waals surface area contributed by atoms with Gasteiger partial charge in [-0.3, -0.25) is 4.79 Å². The molecule has 2 aliphatic rings. The molecule has 3 atom stereocenters. The smallest absolute Gasteiger partial charge is 0.320 e. The molecule has 3 aromatic carbocycles. The van der Waals surface area contributed by atoms with Crippen LogP contribution in [0.4, 0.5) is 0 Å². The molecule has 0 aromatic heterocycles. The molecule has 1 aliphatic heterocycles. The number of rotatable bonds is 8. The van der Waals surface area contributed by atoms with E-state index in [0.29, 0.717) is 52.0 Å². The van der Waals surface area contributed by atoms with Crippen LogP contribution in [0.15, 0.2) is 60.7 Å². The lowest BCUT2D eigenvalue weighted by Gasteiger charge is -2.29. The van der Waals surface area contributed by atoms with Crippen molar-refractivity contribution in [3.63, 3.8) is 0 Å². The van der Waals surface area contributed by atoms with E-state index in [1.165, 1.54) is 0 Å². The molecule has 5 rings (SSSR count). The third kappa shape index (κ3) is 5.95. The average molecular weight is 557 g/mol. The van der Waals surface area contributed by atoms with Crippen LogP contribution in [-0.2, 0) is 4.79 Å². The van der Waals surface area contributed by atoms with Gasteiger partial charge < -0.3 is 30.2 Å². The van der Waals surface area contributed by atoms with Crippen LogP contribution in [-0.4, -0.2) is 36.1 Å². The Labute approximate surface area is 229 Å². The zero-order valence-corrected chi connectivity index (χ0v) is 21.8. The second-order valence-corrected chi connectivity index (χ2v) is 10.3. The third-order valence-electron chi connectivity index (χ3n) is 6.67. The molecule has 0 saturated heterocycles. The molecule has 3 unspecified atom stereocenters. The van der Waals surface area contributed by atoms with Crippen LogP contribution in [0.25, 0.3) is 0 Å². The normalized spacial score (nSPS) is 18.1. The Bertz CT molecular complexity index is 1330. The van der Waals surface area contributed by atoms with Crippen molar-refractivity contribution < 1.29 is 29.2 Å². The molecule has 1 fully saturated rings. The van der Waals surface area contributed by atoms with Gasteiger partial charge in [-0.2, -0.15) is 0 Å². The molecule has 0 spiro atoms. The first kappa shape index (κ1) is 26.5. The van der Waals surface area contributed by atoms with Gasteiger partial charge in [0.2, 0.25) is 0 Å². The van der Waals surface area contributed by atoms with Crippen molar-refractivity contribution in [2.24, 2.45) is 0 Å². The molecule has 1 heterocycles. The minimum atomic E-state index is -0.867. The van der Waals surface area contributed by atoms with Gasteiger partial charge in [0.25, 0.3) is 5.91 Å². The highest BCUT2D eigenvalue weighted by Crippen LogP contribution is 2.41. The fraction of sp³-hybridized carbons (Fsp3) is 0.286. The Morgan fingerprint density at radius 2 is 1.79 bits per heavy atom. The van der Waals surface area contributed by atoms with Gasteiger partial charge in [-0.05, 0) is 48.0 Å². The maximum atomic E-state index is 12.8. The lowest BCUT2D eigenvalue weighted by molar-refractivity contribution is -0.778. The number of ether oxygens (including phenoxy) is 2.